The van der Waals surface area contributed by atoms with E-state index in [-0.39, 0.29) is 0 Å². The third-order valence-electron chi connectivity index (χ3n) is 0.879. The van der Waals surface area contributed by atoms with E-state index in [1.165, 1.54) is 11.3 Å². The molecule has 0 aliphatic rings. The summed E-state index contributed by atoms with van der Waals surface area (Å²) >= 11 is 1.35. The fourth-order valence-corrected chi connectivity index (χ4v) is 1.00. The number of hydrogen-bond acceptors (Lipinski definition) is 3. The zero-order valence-electron chi connectivity index (χ0n) is 4.61. The van der Waals surface area contributed by atoms with Crippen molar-refractivity contribution in [2.75, 3.05) is 0 Å². The van der Waals surface area contributed by atoms with Crippen molar-refractivity contribution in [2.24, 2.45) is 0 Å². The summed E-state index contributed by atoms with van der Waals surface area (Å²) in [6, 6.07) is 0. The molecule has 0 aliphatic carbocycles. The Morgan fingerprint density at radius 1 is 1.89 bits per heavy atom. The Bertz CT molecular complexity index is 211. The number of aliphatic hydroxyl groups is 1. The van der Waals surface area contributed by atoms with Crippen LogP contribution in [-0.2, 0) is 0 Å². The third kappa shape index (κ3) is 1.28. The van der Waals surface area contributed by atoms with Crippen molar-refractivity contribution in [3.8, 4) is 12.3 Å². The van der Waals surface area contributed by atoms with E-state index in [1.807, 2.05) is 0 Å². The molecule has 1 heterocycles. The lowest BCUT2D eigenvalue weighted by atomic mass is 10.3. The molecule has 1 aromatic heterocycles. The van der Waals surface area contributed by atoms with Gasteiger partial charge in [0, 0.05) is 6.20 Å². The van der Waals surface area contributed by atoms with Crippen LogP contribution in [0.2, 0.25) is 0 Å². The van der Waals surface area contributed by atoms with Gasteiger partial charge >= 0.3 is 0 Å². The second kappa shape index (κ2) is 2.62. The van der Waals surface area contributed by atoms with Gasteiger partial charge in [0.15, 0.2) is 6.10 Å². The number of hydrogen-bond donors (Lipinski definition) is 1. The van der Waals surface area contributed by atoms with Crippen molar-refractivity contribution in [3.63, 3.8) is 0 Å². The quantitative estimate of drug-likeness (QED) is 0.584. The lowest BCUT2D eigenvalue weighted by Crippen LogP contribution is -1.87. The number of rotatable bonds is 1. The Balaban J connectivity index is 2.80. The SMILES string of the molecule is C#CC(O)c1cncs1. The molecule has 1 atom stereocenters. The topological polar surface area (TPSA) is 33.1 Å². The molecule has 2 nitrogen and oxygen atoms in total. The summed E-state index contributed by atoms with van der Waals surface area (Å²) in [5, 5.41) is 8.95. The van der Waals surface area contributed by atoms with Crippen molar-refractivity contribution in [1.29, 1.82) is 0 Å². The van der Waals surface area contributed by atoms with E-state index in [4.69, 9.17) is 11.5 Å². The number of aliphatic hydroxyl groups excluding tert-OH is 1. The Hall–Kier alpha value is -0.850. The van der Waals surface area contributed by atoms with E-state index >= 15 is 0 Å². The normalized spacial score (nSPS) is 12.4. The van der Waals surface area contributed by atoms with Crippen molar-refractivity contribution < 1.29 is 5.11 Å². The number of aromatic nitrogens is 1. The third-order valence-corrected chi connectivity index (χ3v) is 1.71. The lowest BCUT2D eigenvalue weighted by Gasteiger charge is -1.93. The standard InChI is InChI=1S/C6H5NOS/c1-2-5(8)6-3-7-4-9-6/h1,3-5,8H. The monoisotopic (exact) mass is 139 g/mol. The Labute approximate surface area is 57.2 Å². The first-order valence-electron chi connectivity index (χ1n) is 2.37. The molecular weight excluding hydrogens is 134 g/mol. The fraction of sp³-hybridized carbons (Fsp3) is 0.167. The number of terminal acetylenes is 1. The molecule has 46 valence electrons. The van der Waals surface area contributed by atoms with E-state index in [2.05, 4.69) is 10.9 Å². The van der Waals surface area contributed by atoms with Gasteiger partial charge in [-0.15, -0.1) is 17.8 Å². The molecule has 0 bridgehead atoms. The van der Waals surface area contributed by atoms with Crippen molar-refractivity contribution in [1.82, 2.24) is 4.98 Å². The minimum absolute atomic E-state index is 0.720. The van der Waals surface area contributed by atoms with Crippen LogP contribution in [0.15, 0.2) is 11.7 Å². The molecule has 9 heavy (non-hydrogen) atoms. The van der Waals surface area contributed by atoms with Gasteiger partial charge in [-0.25, -0.2) is 0 Å². The van der Waals surface area contributed by atoms with E-state index in [0.29, 0.717) is 0 Å². The van der Waals surface area contributed by atoms with Gasteiger partial charge in [-0.2, -0.15) is 0 Å². The maximum absolute atomic E-state index is 8.95. The molecule has 3 heteroatoms. The zero-order valence-corrected chi connectivity index (χ0v) is 5.43. The highest BCUT2D eigenvalue weighted by Gasteiger charge is 2.02. The van der Waals surface area contributed by atoms with Gasteiger partial charge in [0.2, 0.25) is 0 Å². The second-order valence-corrected chi connectivity index (χ2v) is 2.39. The van der Waals surface area contributed by atoms with Gasteiger partial charge in [0.1, 0.15) is 0 Å². The Kier molecular flexibility index (Phi) is 1.83. The summed E-state index contributed by atoms with van der Waals surface area (Å²) in [6.07, 6.45) is 5.73. The van der Waals surface area contributed by atoms with Gasteiger partial charge in [0.25, 0.3) is 0 Å². The Morgan fingerprint density at radius 3 is 3.11 bits per heavy atom. The van der Waals surface area contributed by atoms with Crippen LogP contribution in [0.4, 0.5) is 0 Å². The maximum Gasteiger partial charge on any atom is 0.150 e. The summed E-state index contributed by atoms with van der Waals surface area (Å²) < 4.78 is 0. The van der Waals surface area contributed by atoms with Crippen molar-refractivity contribution in [2.45, 2.75) is 6.10 Å². The highest BCUT2D eigenvalue weighted by Crippen LogP contribution is 2.14. The summed E-state index contributed by atoms with van der Waals surface area (Å²) in [4.78, 5) is 4.47. The predicted octanol–water partition coefficient (Wildman–Crippen LogP) is 0.810. The first-order chi connectivity index (χ1) is 4.34. The Morgan fingerprint density at radius 2 is 2.67 bits per heavy atom. The molecule has 0 fully saturated rings. The van der Waals surface area contributed by atoms with Crippen LogP contribution in [0.5, 0.6) is 0 Å². The lowest BCUT2D eigenvalue weighted by molar-refractivity contribution is 0.242. The number of nitrogens with zero attached hydrogens (tertiary/aromatic N) is 1. The summed E-state index contributed by atoms with van der Waals surface area (Å²) in [5.41, 5.74) is 1.63. The fourth-order valence-electron chi connectivity index (χ4n) is 0.443. The first-order valence-corrected chi connectivity index (χ1v) is 3.25. The van der Waals surface area contributed by atoms with Crippen LogP contribution >= 0.6 is 11.3 Å². The minimum Gasteiger partial charge on any atom is -0.375 e. The van der Waals surface area contributed by atoms with Crippen LogP contribution in [0.3, 0.4) is 0 Å². The molecule has 0 radical (unpaired) electrons. The van der Waals surface area contributed by atoms with Crippen LogP contribution in [0.25, 0.3) is 0 Å². The summed E-state index contributed by atoms with van der Waals surface area (Å²) in [7, 11) is 0. The first kappa shape index (κ1) is 6.27. The molecule has 0 aromatic carbocycles. The van der Waals surface area contributed by atoms with E-state index in [0.717, 1.165) is 4.88 Å². The van der Waals surface area contributed by atoms with Gasteiger partial charge in [-0.3, -0.25) is 4.98 Å². The highest BCUT2D eigenvalue weighted by molar-refractivity contribution is 7.09. The van der Waals surface area contributed by atoms with E-state index in [9.17, 15) is 0 Å². The summed E-state index contributed by atoms with van der Waals surface area (Å²) in [6.45, 7) is 0. The highest BCUT2D eigenvalue weighted by atomic mass is 32.1. The van der Waals surface area contributed by atoms with Gasteiger partial charge < -0.3 is 5.11 Å². The molecule has 1 aromatic rings. The number of thiazole rings is 1. The molecule has 0 aliphatic heterocycles. The largest absolute Gasteiger partial charge is 0.375 e. The van der Waals surface area contributed by atoms with Gasteiger partial charge in [-0.1, -0.05) is 5.92 Å². The molecule has 1 unspecified atom stereocenters. The zero-order chi connectivity index (χ0) is 6.69. The molecule has 1 N–H and O–H groups in total. The van der Waals surface area contributed by atoms with Crippen LogP contribution < -0.4 is 0 Å². The van der Waals surface area contributed by atoms with E-state index in [1.54, 1.807) is 11.7 Å². The van der Waals surface area contributed by atoms with Crippen molar-refractivity contribution in [3.05, 3.63) is 16.6 Å². The molecule has 0 saturated carbocycles. The van der Waals surface area contributed by atoms with Gasteiger partial charge in [0.05, 0.1) is 10.4 Å². The second-order valence-electron chi connectivity index (χ2n) is 1.47. The smallest absolute Gasteiger partial charge is 0.150 e. The maximum atomic E-state index is 8.95. The van der Waals surface area contributed by atoms with Crippen LogP contribution in [0, 0.1) is 12.3 Å². The van der Waals surface area contributed by atoms with Gasteiger partial charge in [-0.05, 0) is 0 Å². The molecule has 0 amide bonds. The van der Waals surface area contributed by atoms with Crippen molar-refractivity contribution >= 4 is 11.3 Å². The molecule has 1 rings (SSSR count). The minimum atomic E-state index is -0.780. The molecule has 0 spiro atoms. The predicted molar refractivity (Wildman–Crippen MR) is 35.9 cm³/mol. The average molecular weight is 139 g/mol. The van der Waals surface area contributed by atoms with Crippen LogP contribution in [0.1, 0.15) is 11.0 Å². The average Bonchev–Trinajstić information content (AvgIpc) is 2.37. The van der Waals surface area contributed by atoms with E-state index < -0.39 is 6.10 Å². The van der Waals surface area contributed by atoms with Crippen LogP contribution in [-0.4, -0.2) is 10.1 Å². The molecular formula is C6H5NOS. The molecule has 0 saturated heterocycles. The summed E-state index contributed by atoms with van der Waals surface area (Å²) in [5.74, 6) is 2.19.